The number of rotatable bonds is 5. The van der Waals surface area contributed by atoms with Crippen molar-refractivity contribution >= 4 is 46.4 Å². The number of imide groups is 2. The summed E-state index contributed by atoms with van der Waals surface area (Å²) in [4.78, 5) is 51.9. The molecule has 2 aromatic carbocycles. The smallest absolute Gasteiger partial charge is 0.331 e. The predicted octanol–water partition coefficient (Wildman–Crippen LogP) is 3.82. The maximum atomic E-state index is 13.2. The molecule has 178 valence electrons. The van der Waals surface area contributed by atoms with Crippen molar-refractivity contribution < 1.29 is 23.6 Å². The molecule has 2 fully saturated rings. The molecule has 1 aliphatic carbocycles. The highest BCUT2D eigenvalue weighted by Gasteiger charge is 2.40. The van der Waals surface area contributed by atoms with E-state index in [2.05, 4.69) is 10.6 Å². The first-order chi connectivity index (χ1) is 16.9. The van der Waals surface area contributed by atoms with E-state index in [1.54, 1.807) is 10.8 Å². The third kappa shape index (κ3) is 4.44. The fourth-order valence-corrected chi connectivity index (χ4v) is 4.73. The first kappa shape index (κ1) is 22.5. The van der Waals surface area contributed by atoms with Gasteiger partial charge in [-0.3, -0.25) is 24.6 Å². The molecule has 2 N–H and O–H groups in total. The highest BCUT2D eigenvalue weighted by Crippen LogP contribution is 2.29. The van der Waals surface area contributed by atoms with Crippen LogP contribution in [0.4, 0.5) is 14.9 Å². The third-order valence-corrected chi connectivity index (χ3v) is 6.38. The topological polar surface area (TPSA) is 101 Å². The van der Waals surface area contributed by atoms with E-state index >= 15 is 0 Å². The summed E-state index contributed by atoms with van der Waals surface area (Å²) < 4.78 is 14.8. The largest absolute Gasteiger partial charge is 0.337 e. The number of aromatic nitrogens is 1. The van der Waals surface area contributed by atoms with Crippen LogP contribution in [0.3, 0.4) is 0 Å². The fourth-order valence-electron chi connectivity index (χ4n) is 4.73. The van der Waals surface area contributed by atoms with Crippen molar-refractivity contribution in [2.45, 2.75) is 38.3 Å². The third-order valence-electron chi connectivity index (χ3n) is 6.38. The number of hydrogen-bond donors (Lipinski definition) is 2. The van der Waals surface area contributed by atoms with Gasteiger partial charge in [-0.05, 0) is 49.2 Å². The number of barbiturate groups is 1. The van der Waals surface area contributed by atoms with Crippen LogP contribution in [0, 0.1) is 5.82 Å². The highest BCUT2D eigenvalue weighted by atomic mass is 19.1. The number of para-hydroxylation sites is 1. The minimum Gasteiger partial charge on any atom is -0.337 e. The Morgan fingerprint density at radius 3 is 2.51 bits per heavy atom. The summed E-state index contributed by atoms with van der Waals surface area (Å²) in [6, 6.07) is 11.9. The molecule has 1 saturated carbocycles. The quantitative estimate of drug-likeness (QED) is 0.434. The molecule has 0 bridgehead atoms. The molecular weight excluding hydrogens is 451 g/mol. The van der Waals surface area contributed by atoms with Gasteiger partial charge in [0.1, 0.15) is 17.9 Å². The van der Waals surface area contributed by atoms with Crippen LogP contribution in [0.5, 0.6) is 0 Å². The number of fused-ring (bicyclic) bond motifs is 1. The number of urea groups is 1. The second kappa shape index (κ2) is 9.17. The van der Waals surface area contributed by atoms with E-state index in [1.165, 1.54) is 30.3 Å². The van der Waals surface area contributed by atoms with Gasteiger partial charge in [0.2, 0.25) is 5.91 Å². The summed E-state index contributed by atoms with van der Waals surface area (Å²) in [7, 11) is 0. The normalized spacial score (nSPS) is 17.9. The van der Waals surface area contributed by atoms with Gasteiger partial charge in [0, 0.05) is 34.4 Å². The molecule has 0 radical (unpaired) electrons. The van der Waals surface area contributed by atoms with E-state index in [0.717, 1.165) is 41.5 Å². The molecule has 0 unspecified atom stereocenters. The zero-order valence-corrected chi connectivity index (χ0v) is 18.8. The van der Waals surface area contributed by atoms with E-state index in [-0.39, 0.29) is 24.1 Å². The lowest BCUT2D eigenvalue weighted by atomic mass is 10.0. The second-order valence-corrected chi connectivity index (χ2v) is 8.72. The van der Waals surface area contributed by atoms with Gasteiger partial charge in [0.15, 0.2) is 0 Å². The number of anilines is 1. The number of nitrogens with zero attached hydrogens (tertiary/aromatic N) is 2. The van der Waals surface area contributed by atoms with Gasteiger partial charge in [0.05, 0.1) is 0 Å². The Labute approximate surface area is 200 Å². The number of amides is 5. The Hall–Kier alpha value is -4.27. The lowest BCUT2D eigenvalue weighted by Crippen LogP contribution is -2.57. The Bertz CT molecular complexity index is 1370. The van der Waals surface area contributed by atoms with Crippen LogP contribution >= 0.6 is 0 Å². The van der Waals surface area contributed by atoms with Gasteiger partial charge >= 0.3 is 6.03 Å². The van der Waals surface area contributed by atoms with Gasteiger partial charge in [-0.25, -0.2) is 9.18 Å². The Morgan fingerprint density at radius 1 is 1.06 bits per heavy atom. The van der Waals surface area contributed by atoms with Crippen LogP contribution in [0.25, 0.3) is 17.0 Å². The van der Waals surface area contributed by atoms with Crippen LogP contribution in [-0.2, 0) is 20.9 Å². The molecule has 1 saturated heterocycles. The minimum absolute atomic E-state index is 0.0338. The number of nitrogens with one attached hydrogen (secondary N) is 2. The van der Waals surface area contributed by atoms with Crippen molar-refractivity contribution in [2.75, 3.05) is 5.32 Å². The number of carbonyl (C=O) groups is 4. The van der Waals surface area contributed by atoms with Crippen molar-refractivity contribution in [3.63, 3.8) is 0 Å². The van der Waals surface area contributed by atoms with Crippen molar-refractivity contribution in [1.82, 2.24) is 14.8 Å². The number of carbonyl (C=O) groups excluding carboxylic acids is 4. The first-order valence-electron chi connectivity index (χ1n) is 11.4. The summed E-state index contributed by atoms with van der Waals surface area (Å²) in [6.45, 7) is -0.0338. The van der Waals surface area contributed by atoms with Crippen molar-refractivity contribution in [2.24, 2.45) is 0 Å². The maximum absolute atomic E-state index is 13.2. The van der Waals surface area contributed by atoms with Crippen LogP contribution in [0.2, 0.25) is 0 Å². The van der Waals surface area contributed by atoms with Crippen LogP contribution in [-0.4, -0.2) is 39.3 Å². The average molecular weight is 474 g/mol. The summed E-state index contributed by atoms with van der Waals surface area (Å²) in [5.41, 5.74) is 1.67. The highest BCUT2D eigenvalue weighted by molar-refractivity contribution is 6.31. The van der Waals surface area contributed by atoms with E-state index < -0.39 is 23.7 Å². The molecule has 5 rings (SSSR count). The number of hydrogen-bond acceptors (Lipinski definition) is 4. The zero-order chi connectivity index (χ0) is 24.5. The van der Waals surface area contributed by atoms with E-state index in [4.69, 9.17) is 0 Å². The number of halogens is 1. The monoisotopic (exact) mass is 474 g/mol. The molecule has 0 atom stereocenters. The van der Waals surface area contributed by atoms with Gasteiger partial charge in [-0.1, -0.05) is 31.0 Å². The Balaban J connectivity index is 1.45. The molecule has 9 heteroatoms. The minimum atomic E-state index is -0.736. The van der Waals surface area contributed by atoms with Crippen molar-refractivity contribution in [3.05, 3.63) is 71.7 Å². The Kier molecular flexibility index (Phi) is 5.90. The average Bonchev–Trinajstić information content (AvgIpc) is 3.47. The van der Waals surface area contributed by atoms with Gasteiger partial charge in [0.25, 0.3) is 11.8 Å². The zero-order valence-electron chi connectivity index (χ0n) is 18.8. The molecule has 3 aromatic rings. The van der Waals surface area contributed by atoms with Crippen LogP contribution < -0.4 is 10.6 Å². The molecule has 2 heterocycles. The SMILES string of the molecule is O=C(Cn1cc(/C=C2\C(=O)NC(=O)N(C3CCCC3)C2=O)c2ccccc21)Nc1ccc(F)cc1. The molecule has 1 aromatic heterocycles. The van der Waals surface area contributed by atoms with E-state index in [1.807, 2.05) is 24.3 Å². The van der Waals surface area contributed by atoms with Gasteiger partial charge < -0.3 is 9.88 Å². The van der Waals surface area contributed by atoms with Gasteiger partial charge in [-0.15, -0.1) is 0 Å². The lowest BCUT2D eigenvalue weighted by molar-refractivity contribution is -0.131. The summed E-state index contributed by atoms with van der Waals surface area (Å²) >= 11 is 0. The fraction of sp³-hybridized carbons (Fsp3) is 0.231. The number of benzene rings is 2. The van der Waals surface area contributed by atoms with Crippen molar-refractivity contribution in [3.8, 4) is 0 Å². The standard InChI is InChI=1S/C26H23FN4O4/c27-17-9-11-18(12-10-17)28-23(32)15-30-14-16(20-7-3-4-8-22(20)30)13-21-24(33)29-26(35)31(25(21)34)19-5-1-2-6-19/h3-4,7-14,19H,1-2,5-6,15H2,(H,28,32)(H,29,33,35)/b21-13+. The second-order valence-electron chi connectivity index (χ2n) is 8.72. The van der Waals surface area contributed by atoms with Crippen LogP contribution in [0.15, 0.2) is 60.3 Å². The lowest BCUT2D eigenvalue weighted by Gasteiger charge is -2.31. The first-order valence-corrected chi connectivity index (χ1v) is 11.4. The molecule has 5 amide bonds. The van der Waals surface area contributed by atoms with E-state index in [9.17, 15) is 23.6 Å². The predicted molar refractivity (Wildman–Crippen MR) is 128 cm³/mol. The van der Waals surface area contributed by atoms with Crippen LogP contribution in [0.1, 0.15) is 31.2 Å². The maximum Gasteiger partial charge on any atom is 0.331 e. The summed E-state index contributed by atoms with van der Waals surface area (Å²) in [6.07, 6.45) is 6.48. The molecule has 2 aliphatic rings. The summed E-state index contributed by atoms with van der Waals surface area (Å²) in [5.74, 6) is -2.05. The molecule has 35 heavy (non-hydrogen) atoms. The Morgan fingerprint density at radius 2 is 1.77 bits per heavy atom. The molecular formula is C26H23FN4O4. The van der Waals surface area contributed by atoms with E-state index in [0.29, 0.717) is 11.3 Å². The molecule has 0 spiro atoms. The molecule has 8 nitrogen and oxygen atoms in total. The molecule has 1 aliphatic heterocycles. The summed E-state index contributed by atoms with van der Waals surface area (Å²) in [5, 5.41) is 5.76. The van der Waals surface area contributed by atoms with Crippen molar-refractivity contribution in [1.29, 1.82) is 0 Å². The van der Waals surface area contributed by atoms with Gasteiger partial charge in [-0.2, -0.15) is 0 Å².